The second kappa shape index (κ2) is 8.32. The molecule has 1 atom stereocenters. The largest absolute Gasteiger partial charge is 0.452 e. The lowest BCUT2D eigenvalue weighted by Gasteiger charge is -2.15. The van der Waals surface area contributed by atoms with E-state index in [2.05, 4.69) is 5.32 Å². The van der Waals surface area contributed by atoms with Gasteiger partial charge in [-0.05, 0) is 49.2 Å². The number of esters is 1. The summed E-state index contributed by atoms with van der Waals surface area (Å²) in [5.74, 6) is -1.76. The molecule has 132 valence electrons. The van der Waals surface area contributed by atoms with Gasteiger partial charge in [-0.3, -0.25) is 4.79 Å². The Morgan fingerprint density at radius 2 is 1.88 bits per heavy atom. The van der Waals surface area contributed by atoms with E-state index in [9.17, 15) is 14.0 Å². The summed E-state index contributed by atoms with van der Waals surface area (Å²) in [4.78, 5) is 23.8. The van der Waals surface area contributed by atoms with Gasteiger partial charge in [-0.1, -0.05) is 35.3 Å². The molecule has 0 saturated carbocycles. The quantitative estimate of drug-likeness (QED) is 0.774. The van der Waals surface area contributed by atoms with E-state index in [1.165, 1.54) is 12.1 Å². The van der Waals surface area contributed by atoms with Gasteiger partial charge in [-0.15, -0.1) is 0 Å². The highest BCUT2D eigenvalue weighted by atomic mass is 35.5. The first-order valence-corrected chi connectivity index (χ1v) is 8.21. The fraction of sp³-hybridized carbons (Fsp3) is 0.222. The van der Waals surface area contributed by atoms with Gasteiger partial charge in [-0.2, -0.15) is 0 Å². The van der Waals surface area contributed by atoms with Crippen LogP contribution >= 0.6 is 23.2 Å². The predicted octanol–water partition coefficient (Wildman–Crippen LogP) is 4.48. The second-order valence-corrected chi connectivity index (χ2v) is 6.32. The highest BCUT2D eigenvalue weighted by Gasteiger charge is 2.14. The fourth-order valence-corrected chi connectivity index (χ4v) is 2.39. The minimum Gasteiger partial charge on any atom is -0.452 e. The summed E-state index contributed by atoms with van der Waals surface area (Å²) in [6.07, 6.45) is 0. The summed E-state index contributed by atoms with van der Waals surface area (Å²) in [5.41, 5.74) is 1.23. The number of carbonyl (C=O) groups is 2. The highest BCUT2D eigenvalue weighted by molar-refractivity contribution is 6.42. The molecule has 0 bridgehead atoms. The third kappa shape index (κ3) is 5.18. The standard InChI is InChI=1S/C18H16Cl2FNO3/c1-10-3-4-13(8-16(10)21)18(24)25-9-17(23)22-11(2)12-5-6-14(19)15(20)7-12/h3-8,11H,9H2,1-2H3,(H,22,23). The van der Waals surface area contributed by atoms with Gasteiger partial charge in [0.2, 0.25) is 0 Å². The van der Waals surface area contributed by atoms with Crippen molar-refractivity contribution in [2.45, 2.75) is 19.9 Å². The molecule has 0 aliphatic carbocycles. The molecule has 1 unspecified atom stereocenters. The zero-order chi connectivity index (χ0) is 18.6. The van der Waals surface area contributed by atoms with E-state index >= 15 is 0 Å². The van der Waals surface area contributed by atoms with Crippen LogP contribution in [0.25, 0.3) is 0 Å². The molecule has 2 aromatic rings. The summed E-state index contributed by atoms with van der Waals surface area (Å²) in [6, 6.07) is 8.66. The van der Waals surface area contributed by atoms with Crippen LogP contribution < -0.4 is 5.32 Å². The van der Waals surface area contributed by atoms with Gasteiger partial charge in [-0.25, -0.2) is 9.18 Å². The molecule has 1 N–H and O–H groups in total. The summed E-state index contributed by atoms with van der Waals surface area (Å²) < 4.78 is 18.4. The zero-order valence-electron chi connectivity index (χ0n) is 13.6. The minimum absolute atomic E-state index is 0.0495. The Hall–Kier alpha value is -2.11. The van der Waals surface area contributed by atoms with Crippen molar-refractivity contribution >= 4 is 35.1 Å². The molecule has 0 radical (unpaired) electrons. The molecule has 0 saturated heterocycles. The average molecular weight is 384 g/mol. The van der Waals surface area contributed by atoms with Gasteiger partial charge < -0.3 is 10.1 Å². The number of rotatable bonds is 5. The number of hydrogen-bond acceptors (Lipinski definition) is 3. The maximum absolute atomic E-state index is 13.5. The zero-order valence-corrected chi connectivity index (χ0v) is 15.1. The maximum Gasteiger partial charge on any atom is 0.338 e. The molecule has 0 fully saturated rings. The SMILES string of the molecule is Cc1ccc(C(=O)OCC(=O)NC(C)c2ccc(Cl)c(Cl)c2)cc1F. The van der Waals surface area contributed by atoms with Crippen molar-refractivity contribution in [3.63, 3.8) is 0 Å². The molecule has 2 aromatic carbocycles. The van der Waals surface area contributed by atoms with E-state index in [0.717, 1.165) is 11.6 Å². The topological polar surface area (TPSA) is 55.4 Å². The van der Waals surface area contributed by atoms with Crippen molar-refractivity contribution in [3.05, 3.63) is 69.0 Å². The lowest BCUT2D eigenvalue weighted by Crippen LogP contribution is -2.31. The lowest BCUT2D eigenvalue weighted by molar-refractivity contribution is -0.124. The first-order chi connectivity index (χ1) is 11.8. The van der Waals surface area contributed by atoms with Crippen LogP contribution in [0.2, 0.25) is 10.0 Å². The molecular weight excluding hydrogens is 368 g/mol. The number of aryl methyl sites for hydroxylation is 1. The van der Waals surface area contributed by atoms with Crippen LogP contribution in [0.4, 0.5) is 4.39 Å². The van der Waals surface area contributed by atoms with Gasteiger partial charge >= 0.3 is 5.97 Å². The van der Waals surface area contributed by atoms with E-state index in [0.29, 0.717) is 15.6 Å². The van der Waals surface area contributed by atoms with Crippen molar-refractivity contribution in [2.24, 2.45) is 0 Å². The molecule has 0 heterocycles. The minimum atomic E-state index is -0.767. The van der Waals surface area contributed by atoms with Gasteiger partial charge in [0.05, 0.1) is 21.7 Å². The molecule has 7 heteroatoms. The molecule has 4 nitrogen and oxygen atoms in total. The van der Waals surface area contributed by atoms with Gasteiger partial charge in [0.15, 0.2) is 6.61 Å². The molecule has 2 rings (SSSR count). The highest BCUT2D eigenvalue weighted by Crippen LogP contribution is 2.25. The first kappa shape index (κ1) is 19.2. The predicted molar refractivity (Wildman–Crippen MR) is 94.4 cm³/mol. The first-order valence-electron chi connectivity index (χ1n) is 7.45. The number of halogens is 3. The van der Waals surface area contributed by atoms with Crippen molar-refractivity contribution in [1.29, 1.82) is 0 Å². The lowest BCUT2D eigenvalue weighted by atomic mass is 10.1. The Kier molecular flexibility index (Phi) is 6.39. The van der Waals surface area contributed by atoms with Crippen molar-refractivity contribution in [1.82, 2.24) is 5.32 Å². The monoisotopic (exact) mass is 383 g/mol. The fourth-order valence-electron chi connectivity index (χ4n) is 2.08. The Labute approximate surface area is 154 Å². The Bertz CT molecular complexity index is 811. The second-order valence-electron chi connectivity index (χ2n) is 5.50. The van der Waals surface area contributed by atoms with Crippen LogP contribution in [0.5, 0.6) is 0 Å². The van der Waals surface area contributed by atoms with Gasteiger partial charge in [0.25, 0.3) is 5.91 Å². The molecule has 0 aromatic heterocycles. The number of carbonyl (C=O) groups excluding carboxylic acids is 2. The van der Waals surface area contributed by atoms with E-state index < -0.39 is 24.3 Å². The summed E-state index contributed by atoms with van der Waals surface area (Å²) in [7, 11) is 0. The van der Waals surface area contributed by atoms with E-state index in [1.807, 2.05) is 0 Å². The van der Waals surface area contributed by atoms with Crippen LogP contribution in [0.1, 0.15) is 34.5 Å². The number of hydrogen-bond donors (Lipinski definition) is 1. The average Bonchev–Trinajstić information content (AvgIpc) is 2.57. The third-order valence-electron chi connectivity index (χ3n) is 3.56. The Balaban J connectivity index is 1.90. The normalized spacial score (nSPS) is 11.7. The van der Waals surface area contributed by atoms with Crippen molar-refractivity contribution in [3.8, 4) is 0 Å². The van der Waals surface area contributed by atoms with Crippen LogP contribution in [-0.4, -0.2) is 18.5 Å². The van der Waals surface area contributed by atoms with Crippen LogP contribution in [0.15, 0.2) is 36.4 Å². The van der Waals surface area contributed by atoms with E-state index in [1.54, 1.807) is 32.0 Å². The number of amides is 1. The molecule has 1 amide bonds. The maximum atomic E-state index is 13.5. The van der Waals surface area contributed by atoms with Crippen molar-refractivity contribution in [2.75, 3.05) is 6.61 Å². The summed E-state index contributed by atoms with van der Waals surface area (Å²) >= 11 is 11.8. The third-order valence-corrected chi connectivity index (χ3v) is 4.30. The molecule has 25 heavy (non-hydrogen) atoms. The van der Waals surface area contributed by atoms with Gasteiger partial charge in [0.1, 0.15) is 5.82 Å². The summed E-state index contributed by atoms with van der Waals surface area (Å²) in [6.45, 7) is 2.87. The van der Waals surface area contributed by atoms with Crippen LogP contribution in [-0.2, 0) is 9.53 Å². The number of ether oxygens (including phenoxy) is 1. The Morgan fingerprint density at radius 1 is 1.16 bits per heavy atom. The number of nitrogens with one attached hydrogen (secondary N) is 1. The number of benzene rings is 2. The molecular formula is C18H16Cl2FNO3. The van der Waals surface area contributed by atoms with Crippen molar-refractivity contribution < 1.29 is 18.7 Å². The molecule has 0 spiro atoms. The van der Waals surface area contributed by atoms with Gasteiger partial charge in [0, 0.05) is 0 Å². The summed E-state index contributed by atoms with van der Waals surface area (Å²) in [5, 5.41) is 3.48. The van der Waals surface area contributed by atoms with Crippen LogP contribution in [0, 0.1) is 12.7 Å². The molecule has 0 aliphatic heterocycles. The molecule has 0 aliphatic rings. The smallest absolute Gasteiger partial charge is 0.338 e. The van der Waals surface area contributed by atoms with E-state index in [4.69, 9.17) is 27.9 Å². The Morgan fingerprint density at radius 3 is 2.52 bits per heavy atom. The van der Waals surface area contributed by atoms with Crippen LogP contribution in [0.3, 0.4) is 0 Å². The van der Waals surface area contributed by atoms with E-state index in [-0.39, 0.29) is 11.6 Å².